The third-order valence-electron chi connectivity index (χ3n) is 6.03. The number of aliphatic hydroxyl groups is 2. The number of aliphatic hydroxyl groups excluding tert-OH is 2. The van der Waals surface area contributed by atoms with E-state index in [1.165, 1.54) is 77.0 Å². The molecule has 0 aromatic rings. The molecule has 0 saturated heterocycles. The van der Waals surface area contributed by atoms with Crippen LogP contribution in [0, 0.1) is 0 Å². The van der Waals surface area contributed by atoms with E-state index >= 15 is 0 Å². The molecule has 2 unspecified atom stereocenters. The van der Waals surface area contributed by atoms with Crippen LogP contribution in [0.3, 0.4) is 0 Å². The second-order valence-corrected chi connectivity index (χ2v) is 9.11. The lowest BCUT2D eigenvalue weighted by Crippen LogP contribution is -2.45. The monoisotopic (exact) mass is 439 g/mol. The largest absolute Gasteiger partial charge is 0.394 e. The van der Waals surface area contributed by atoms with Gasteiger partial charge in [0.25, 0.3) is 0 Å². The molecule has 0 aromatic carbocycles. The lowest BCUT2D eigenvalue weighted by molar-refractivity contribution is -0.123. The summed E-state index contributed by atoms with van der Waals surface area (Å²) in [5.74, 6) is -0.0516. The normalized spacial score (nSPS) is 13.5. The molecule has 0 heterocycles. The van der Waals surface area contributed by atoms with Gasteiger partial charge in [-0.05, 0) is 38.5 Å². The second kappa shape index (κ2) is 23.8. The van der Waals surface area contributed by atoms with Crippen LogP contribution in [-0.4, -0.2) is 34.9 Å². The van der Waals surface area contributed by atoms with E-state index < -0.39 is 12.1 Å². The standard InChI is InChI=1S/C27H53NO3/c1-3-5-7-9-10-11-12-13-14-15-16-17-18-19-21-23-27(31)28-25(24-29)26(30)22-20-8-6-4-2/h13-14,25-26,29-30H,3-12,15-24H2,1-2H3,(H,28,31)/b14-13-. The zero-order chi connectivity index (χ0) is 23.0. The van der Waals surface area contributed by atoms with E-state index in [0.29, 0.717) is 12.8 Å². The molecule has 0 aliphatic rings. The first-order chi connectivity index (χ1) is 15.2. The molecule has 3 N–H and O–H groups in total. The van der Waals surface area contributed by atoms with Crippen molar-refractivity contribution in [1.29, 1.82) is 0 Å². The predicted octanol–water partition coefficient (Wildman–Crippen LogP) is 6.83. The Morgan fingerprint density at radius 2 is 1.23 bits per heavy atom. The molecular formula is C27H53NO3. The van der Waals surface area contributed by atoms with Crippen LogP contribution in [0.5, 0.6) is 0 Å². The summed E-state index contributed by atoms with van der Waals surface area (Å²) in [4.78, 5) is 12.1. The number of rotatable bonds is 23. The summed E-state index contributed by atoms with van der Waals surface area (Å²) in [6.07, 6.45) is 25.7. The van der Waals surface area contributed by atoms with Crippen molar-refractivity contribution in [2.45, 2.75) is 148 Å². The van der Waals surface area contributed by atoms with Crippen molar-refractivity contribution in [1.82, 2.24) is 5.32 Å². The minimum atomic E-state index is -0.653. The van der Waals surface area contributed by atoms with Crippen LogP contribution >= 0.6 is 0 Å². The van der Waals surface area contributed by atoms with Crippen LogP contribution in [0.15, 0.2) is 12.2 Å². The summed E-state index contributed by atoms with van der Waals surface area (Å²) in [6, 6.07) is -0.530. The average Bonchev–Trinajstić information content (AvgIpc) is 2.77. The lowest BCUT2D eigenvalue weighted by Gasteiger charge is -2.22. The van der Waals surface area contributed by atoms with Crippen molar-refractivity contribution in [2.24, 2.45) is 0 Å². The average molecular weight is 440 g/mol. The van der Waals surface area contributed by atoms with Crippen molar-refractivity contribution in [2.75, 3.05) is 6.61 Å². The fraction of sp³-hybridized carbons (Fsp3) is 0.889. The molecule has 4 heteroatoms. The van der Waals surface area contributed by atoms with Gasteiger partial charge in [-0.3, -0.25) is 4.79 Å². The van der Waals surface area contributed by atoms with Gasteiger partial charge in [0.2, 0.25) is 5.91 Å². The Bertz CT molecular complexity index is 411. The predicted molar refractivity (Wildman–Crippen MR) is 133 cm³/mol. The van der Waals surface area contributed by atoms with Gasteiger partial charge in [-0.2, -0.15) is 0 Å². The first kappa shape index (κ1) is 30.1. The highest BCUT2D eigenvalue weighted by Gasteiger charge is 2.19. The van der Waals surface area contributed by atoms with Gasteiger partial charge in [0.15, 0.2) is 0 Å². The van der Waals surface area contributed by atoms with Crippen LogP contribution in [-0.2, 0) is 4.79 Å². The Morgan fingerprint density at radius 3 is 1.77 bits per heavy atom. The first-order valence-corrected chi connectivity index (χ1v) is 13.4. The van der Waals surface area contributed by atoms with Gasteiger partial charge in [-0.1, -0.05) is 103 Å². The molecule has 0 aliphatic carbocycles. The number of unbranched alkanes of at least 4 members (excludes halogenated alkanes) is 14. The molecule has 0 aliphatic heterocycles. The van der Waals surface area contributed by atoms with Crippen LogP contribution in [0.2, 0.25) is 0 Å². The minimum absolute atomic E-state index is 0.0516. The summed E-state index contributed by atoms with van der Waals surface area (Å²) in [7, 11) is 0. The maximum atomic E-state index is 12.1. The Balaban J connectivity index is 3.56. The van der Waals surface area contributed by atoms with Gasteiger partial charge >= 0.3 is 0 Å². The van der Waals surface area contributed by atoms with E-state index in [1.54, 1.807) is 0 Å². The van der Waals surface area contributed by atoms with E-state index in [4.69, 9.17) is 0 Å². The van der Waals surface area contributed by atoms with Crippen molar-refractivity contribution >= 4 is 5.91 Å². The maximum Gasteiger partial charge on any atom is 0.220 e. The Morgan fingerprint density at radius 1 is 0.742 bits per heavy atom. The zero-order valence-electron chi connectivity index (χ0n) is 20.8. The third kappa shape index (κ3) is 20.8. The number of carbonyl (C=O) groups is 1. The molecule has 0 bridgehead atoms. The Hall–Kier alpha value is -0.870. The molecule has 31 heavy (non-hydrogen) atoms. The van der Waals surface area contributed by atoms with Crippen LogP contribution in [0.1, 0.15) is 136 Å². The summed E-state index contributed by atoms with van der Waals surface area (Å²) >= 11 is 0. The molecule has 4 nitrogen and oxygen atoms in total. The molecule has 184 valence electrons. The smallest absolute Gasteiger partial charge is 0.220 e. The molecule has 0 aromatic heterocycles. The molecule has 0 radical (unpaired) electrons. The van der Waals surface area contributed by atoms with Crippen LogP contribution in [0.25, 0.3) is 0 Å². The van der Waals surface area contributed by atoms with Crippen molar-refractivity contribution < 1.29 is 15.0 Å². The highest BCUT2D eigenvalue weighted by Crippen LogP contribution is 2.11. The molecule has 1 amide bonds. The van der Waals surface area contributed by atoms with Gasteiger partial charge in [0, 0.05) is 6.42 Å². The number of hydrogen-bond acceptors (Lipinski definition) is 3. The van der Waals surface area contributed by atoms with Gasteiger partial charge in [-0.25, -0.2) is 0 Å². The zero-order valence-corrected chi connectivity index (χ0v) is 20.8. The number of carbonyl (C=O) groups excluding carboxylic acids is 1. The number of nitrogens with one attached hydrogen (secondary N) is 1. The summed E-state index contributed by atoms with van der Waals surface area (Å²) in [6.45, 7) is 4.21. The maximum absolute atomic E-state index is 12.1. The molecule has 0 rings (SSSR count). The topological polar surface area (TPSA) is 69.6 Å². The first-order valence-electron chi connectivity index (χ1n) is 13.4. The van der Waals surface area contributed by atoms with Crippen molar-refractivity contribution in [3.8, 4) is 0 Å². The molecular weight excluding hydrogens is 386 g/mol. The second-order valence-electron chi connectivity index (χ2n) is 9.11. The van der Waals surface area contributed by atoms with Gasteiger partial charge < -0.3 is 15.5 Å². The quantitative estimate of drug-likeness (QED) is 0.121. The van der Waals surface area contributed by atoms with E-state index in [2.05, 4.69) is 31.3 Å². The van der Waals surface area contributed by atoms with Crippen LogP contribution < -0.4 is 5.32 Å². The molecule has 0 fully saturated rings. The summed E-state index contributed by atoms with van der Waals surface area (Å²) in [5, 5.41) is 22.5. The van der Waals surface area contributed by atoms with Gasteiger partial charge in [0.05, 0.1) is 18.8 Å². The Kier molecular flexibility index (Phi) is 23.1. The third-order valence-corrected chi connectivity index (χ3v) is 6.03. The fourth-order valence-corrected chi connectivity index (χ4v) is 3.88. The Labute approximate surface area is 193 Å². The minimum Gasteiger partial charge on any atom is -0.394 e. The SMILES string of the molecule is CCCCCCCC/C=C\CCCCCCCC(=O)NC(CO)C(O)CCCCCC. The summed E-state index contributed by atoms with van der Waals surface area (Å²) in [5.41, 5.74) is 0. The number of allylic oxidation sites excluding steroid dienone is 2. The van der Waals surface area contributed by atoms with E-state index in [1.807, 2.05) is 0 Å². The van der Waals surface area contributed by atoms with Gasteiger partial charge in [-0.15, -0.1) is 0 Å². The number of amides is 1. The number of hydrogen-bond donors (Lipinski definition) is 3. The van der Waals surface area contributed by atoms with E-state index in [-0.39, 0.29) is 12.5 Å². The molecule has 0 saturated carbocycles. The molecule has 0 spiro atoms. The highest BCUT2D eigenvalue weighted by atomic mass is 16.3. The highest BCUT2D eigenvalue weighted by molar-refractivity contribution is 5.76. The van der Waals surface area contributed by atoms with Crippen LogP contribution in [0.4, 0.5) is 0 Å². The molecule has 2 atom stereocenters. The van der Waals surface area contributed by atoms with Crippen molar-refractivity contribution in [3.05, 3.63) is 12.2 Å². The lowest BCUT2D eigenvalue weighted by atomic mass is 10.0. The van der Waals surface area contributed by atoms with Crippen molar-refractivity contribution in [3.63, 3.8) is 0 Å². The van der Waals surface area contributed by atoms with E-state index in [9.17, 15) is 15.0 Å². The van der Waals surface area contributed by atoms with Gasteiger partial charge in [0.1, 0.15) is 0 Å². The fourth-order valence-electron chi connectivity index (χ4n) is 3.88. The summed E-state index contributed by atoms with van der Waals surface area (Å²) < 4.78 is 0. The van der Waals surface area contributed by atoms with E-state index in [0.717, 1.165) is 32.1 Å².